The van der Waals surface area contributed by atoms with Crippen LogP contribution < -0.4 is 5.76 Å². The number of carbonyl (C=O) groups excluding carboxylic acids is 2. The van der Waals surface area contributed by atoms with Crippen molar-refractivity contribution in [1.82, 2.24) is 13.8 Å². The molecule has 1 atom stereocenters. The van der Waals surface area contributed by atoms with Gasteiger partial charge in [-0.15, -0.1) is 0 Å². The second-order valence-corrected chi connectivity index (χ2v) is 10.1. The summed E-state index contributed by atoms with van der Waals surface area (Å²) < 4.78 is 38.5. The highest BCUT2D eigenvalue weighted by atomic mass is 32.2. The number of rotatable bonds is 6. The van der Waals surface area contributed by atoms with Crippen LogP contribution in [0.25, 0.3) is 11.1 Å². The van der Waals surface area contributed by atoms with Crippen LogP contribution in [-0.2, 0) is 30.9 Å². The topological polar surface area (TPSA) is 119 Å². The van der Waals surface area contributed by atoms with E-state index in [2.05, 4.69) is 0 Å². The van der Waals surface area contributed by atoms with E-state index in [1.54, 1.807) is 11.8 Å². The summed E-state index contributed by atoms with van der Waals surface area (Å²) in [7, 11) is -3.65. The van der Waals surface area contributed by atoms with E-state index in [0.29, 0.717) is 38.0 Å². The number of oxazole rings is 1. The SMILES string of the molecule is CCOC(=O)[C@@H]1CCCN(C(=O)Cn2c(=O)oc3cc(S(=O)(=O)N4CCCC4)ccc32)C1. The van der Waals surface area contributed by atoms with Crippen molar-refractivity contribution in [2.75, 3.05) is 32.8 Å². The second kappa shape index (κ2) is 9.07. The van der Waals surface area contributed by atoms with E-state index in [-0.39, 0.29) is 48.0 Å². The van der Waals surface area contributed by atoms with Crippen molar-refractivity contribution in [3.63, 3.8) is 0 Å². The van der Waals surface area contributed by atoms with Crippen LogP contribution in [0.2, 0.25) is 0 Å². The van der Waals surface area contributed by atoms with Gasteiger partial charge in [-0.25, -0.2) is 13.2 Å². The zero-order chi connectivity index (χ0) is 22.9. The normalized spacial score (nSPS) is 20.0. The van der Waals surface area contributed by atoms with Gasteiger partial charge in [0.25, 0.3) is 0 Å². The maximum absolute atomic E-state index is 12.9. The largest absolute Gasteiger partial charge is 0.466 e. The van der Waals surface area contributed by atoms with E-state index in [1.165, 1.54) is 27.1 Å². The van der Waals surface area contributed by atoms with E-state index >= 15 is 0 Å². The fraction of sp³-hybridized carbons (Fsp3) is 0.571. The van der Waals surface area contributed by atoms with Gasteiger partial charge in [-0.3, -0.25) is 14.2 Å². The quantitative estimate of drug-likeness (QED) is 0.588. The van der Waals surface area contributed by atoms with E-state index in [0.717, 1.165) is 12.8 Å². The van der Waals surface area contributed by atoms with Crippen molar-refractivity contribution in [3.8, 4) is 0 Å². The Morgan fingerprint density at radius 1 is 1.16 bits per heavy atom. The van der Waals surface area contributed by atoms with Gasteiger partial charge in [0, 0.05) is 32.2 Å². The van der Waals surface area contributed by atoms with Crippen LogP contribution in [0.15, 0.2) is 32.3 Å². The molecule has 3 heterocycles. The number of fused-ring (bicyclic) bond motifs is 1. The number of carbonyl (C=O) groups is 2. The van der Waals surface area contributed by atoms with E-state index in [9.17, 15) is 22.8 Å². The number of benzene rings is 1. The second-order valence-electron chi connectivity index (χ2n) is 8.13. The third kappa shape index (κ3) is 4.31. The molecule has 10 nitrogen and oxygen atoms in total. The number of hydrogen-bond acceptors (Lipinski definition) is 7. The van der Waals surface area contributed by atoms with Crippen molar-refractivity contribution in [3.05, 3.63) is 28.7 Å². The Kier molecular flexibility index (Phi) is 6.38. The first-order chi connectivity index (χ1) is 15.3. The number of esters is 1. The molecule has 1 aromatic carbocycles. The number of piperidine rings is 1. The molecule has 2 fully saturated rings. The minimum absolute atomic E-state index is 0.0624. The Bertz CT molecular complexity index is 1180. The minimum atomic E-state index is -3.65. The van der Waals surface area contributed by atoms with Crippen molar-refractivity contribution in [1.29, 1.82) is 0 Å². The van der Waals surface area contributed by atoms with Gasteiger partial charge in [0.1, 0.15) is 6.54 Å². The summed E-state index contributed by atoms with van der Waals surface area (Å²) in [5.41, 5.74) is 0.466. The number of amides is 1. The number of aromatic nitrogens is 1. The van der Waals surface area contributed by atoms with Crippen LogP contribution in [-0.4, -0.2) is 66.9 Å². The summed E-state index contributed by atoms with van der Waals surface area (Å²) in [5.74, 6) is -1.73. The molecule has 0 spiro atoms. The Balaban J connectivity index is 1.53. The van der Waals surface area contributed by atoms with E-state index < -0.39 is 15.8 Å². The lowest BCUT2D eigenvalue weighted by Gasteiger charge is -2.31. The Morgan fingerprint density at radius 2 is 1.91 bits per heavy atom. The van der Waals surface area contributed by atoms with Gasteiger partial charge in [-0.05, 0) is 44.7 Å². The molecular weight excluding hydrogens is 438 g/mol. The molecule has 0 saturated carbocycles. The number of hydrogen-bond donors (Lipinski definition) is 0. The standard InChI is InChI=1S/C21H27N3O7S/c1-2-30-20(26)15-6-5-9-22(13-15)19(25)14-24-17-8-7-16(12-18(17)31-21(24)27)32(28,29)23-10-3-4-11-23/h7-8,12,15H,2-6,9-11,13-14H2,1H3/t15-/m1/s1. The first-order valence-corrected chi connectivity index (χ1v) is 12.3. The number of likely N-dealkylation sites (tertiary alicyclic amines) is 1. The van der Waals surface area contributed by atoms with Gasteiger partial charge >= 0.3 is 11.7 Å². The summed E-state index contributed by atoms with van der Waals surface area (Å²) in [5, 5.41) is 0. The lowest BCUT2D eigenvalue weighted by atomic mass is 9.98. The molecule has 0 N–H and O–H groups in total. The van der Waals surface area contributed by atoms with Crippen molar-refractivity contribution < 1.29 is 27.2 Å². The highest BCUT2D eigenvalue weighted by molar-refractivity contribution is 7.89. The van der Waals surface area contributed by atoms with Gasteiger partial charge in [0.05, 0.1) is 22.9 Å². The molecule has 2 aromatic rings. The fourth-order valence-electron chi connectivity index (χ4n) is 4.33. The van der Waals surface area contributed by atoms with Crippen molar-refractivity contribution in [2.45, 2.75) is 44.0 Å². The fourth-order valence-corrected chi connectivity index (χ4v) is 5.86. The number of sulfonamides is 1. The smallest absolute Gasteiger partial charge is 0.420 e. The molecule has 2 aliphatic heterocycles. The molecule has 174 valence electrons. The molecular formula is C21H27N3O7S. The molecule has 2 aliphatic rings. The zero-order valence-electron chi connectivity index (χ0n) is 18.0. The molecule has 11 heteroatoms. The van der Waals surface area contributed by atoms with E-state index in [1.807, 2.05) is 0 Å². The van der Waals surface area contributed by atoms with E-state index in [4.69, 9.17) is 9.15 Å². The predicted octanol–water partition coefficient (Wildman–Crippen LogP) is 1.18. The molecule has 32 heavy (non-hydrogen) atoms. The highest BCUT2D eigenvalue weighted by Gasteiger charge is 2.31. The van der Waals surface area contributed by atoms with Crippen LogP contribution in [0.1, 0.15) is 32.6 Å². The minimum Gasteiger partial charge on any atom is -0.466 e. The molecule has 4 rings (SSSR count). The summed E-state index contributed by atoms with van der Waals surface area (Å²) >= 11 is 0. The lowest BCUT2D eigenvalue weighted by Crippen LogP contribution is -2.44. The Labute approximate surface area is 185 Å². The Hall–Kier alpha value is -2.66. The number of nitrogens with zero attached hydrogens (tertiary/aromatic N) is 3. The molecule has 1 amide bonds. The summed E-state index contributed by atoms with van der Waals surface area (Å²) in [6, 6.07) is 4.26. The lowest BCUT2D eigenvalue weighted by molar-refractivity contribution is -0.151. The van der Waals surface area contributed by atoms with Gasteiger partial charge in [-0.2, -0.15) is 4.31 Å². The van der Waals surface area contributed by atoms with Gasteiger partial charge in [-0.1, -0.05) is 0 Å². The maximum Gasteiger partial charge on any atom is 0.420 e. The van der Waals surface area contributed by atoms with Crippen molar-refractivity contribution in [2.24, 2.45) is 5.92 Å². The van der Waals surface area contributed by atoms with Crippen LogP contribution in [0.5, 0.6) is 0 Å². The van der Waals surface area contributed by atoms with Gasteiger partial charge in [0.2, 0.25) is 15.9 Å². The van der Waals surface area contributed by atoms with Crippen LogP contribution >= 0.6 is 0 Å². The molecule has 0 aliphatic carbocycles. The summed E-state index contributed by atoms with van der Waals surface area (Å²) in [4.78, 5) is 38.9. The number of ether oxygens (including phenoxy) is 1. The third-order valence-corrected chi connectivity index (χ3v) is 7.92. The molecule has 0 unspecified atom stereocenters. The summed E-state index contributed by atoms with van der Waals surface area (Å²) in [6.07, 6.45) is 2.98. The molecule has 0 radical (unpaired) electrons. The Morgan fingerprint density at radius 3 is 2.62 bits per heavy atom. The molecule has 2 saturated heterocycles. The molecule has 0 bridgehead atoms. The first-order valence-electron chi connectivity index (χ1n) is 10.9. The summed E-state index contributed by atoms with van der Waals surface area (Å²) in [6.45, 7) is 3.47. The van der Waals surface area contributed by atoms with Crippen molar-refractivity contribution >= 4 is 33.0 Å². The van der Waals surface area contributed by atoms with Crippen LogP contribution in [0, 0.1) is 5.92 Å². The highest BCUT2D eigenvalue weighted by Crippen LogP contribution is 2.25. The van der Waals surface area contributed by atoms with Crippen LogP contribution in [0.4, 0.5) is 0 Å². The third-order valence-electron chi connectivity index (χ3n) is 6.03. The van der Waals surface area contributed by atoms with Gasteiger partial charge in [0.15, 0.2) is 5.58 Å². The molecule has 1 aromatic heterocycles. The monoisotopic (exact) mass is 465 g/mol. The average molecular weight is 466 g/mol. The predicted molar refractivity (Wildman–Crippen MR) is 114 cm³/mol. The first kappa shape index (κ1) is 22.5. The van der Waals surface area contributed by atoms with Crippen LogP contribution in [0.3, 0.4) is 0 Å². The van der Waals surface area contributed by atoms with Gasteiger partial charge < -0.3 is 14.1 Å². The maximum atomic E-state index is 12.9. The zero-order valence-corrected chi connectivity index (χ0v) is 18.8. The average Bonchev–Trinajstić information content (AvgIpc) is 3.43.